The Morgan fingerprint density at radius 3 is 1.33 bits per heavy atom. The van der Waals surface area contributed by atoms with Crippen LogP contribution in [0.3, 0.4) is 0 Å². The Morgan fingerprint density at radius 1 is 0.383 bits per heavy atom. The Hall–Kier alpha value is -4.32. The van der Waals surface area contributed by atoms with Gasteiger partial charge in [0.25, 0.3) is 0 Å². The van der Waals surface area contributed by atoms with Gasteiger partial charge in [-0.05, 0) is 146 Å². The van der Waals surface area contributed by atoms with Crippen molar-refractivity contribution in [2.24, 2.45) is 0 Å². The number of nitrogens with zero attached hydrogens (tertiary/aromatic N) is 2. The van der Waals surface area contributed by atoms with Gasteiger partial charge in [-0.2, -0.15) is 8.75 Å². The minimum Gasteiger partial charge on any atom is -0.172 e. The van der Waals surface area contributed by atoms with E-state index in [4.69, 9.17) is 8.75 Å². The zero-order valence-corrected chi connectivity index (χ0v) is 40.2. The highest BCUT2D eigenvalue weighted by Gasteiger charge is 2.35. The lowest BCUT2D eigenvalue weighted by molar-refractivity contribution is 0.660. The highest BCUT2D eigenvalue weighted by molar-refractivity contribution is 7.28. The van der Waals surface area contributed by atoms with Gasteiger partial charge in [0, 0.05) is 75.1 Å². The molecule has 2 nitrogen and oxygen atoms in total. The molecule has 0 saturated carbocycles. The molecule has 0 atom stereocenters. The van der Waals surface area contributed by atoms with Crippen LogP contribution in [-0.2, 0) is 5.41 Å². The largest absolute Gasteiger partial charge is 0.172 e. The van der Waals surface area contributed by atoms with Crippen LogP contribution in [0.4, 0.5) is 0 Å². The summed E-state index contributed by atoms with van der Waals surface area (Å²) in [4.78, 5) is 15.9. The molecule has 0 unspecified atom stereocenters. The summed E-state index contributed by atoms with van der Waals surface area (Å²) < 4.78 is 9.79. The van der Waals surface area contributed by atoms with Gasteiger partial charge in [-0.3, -0.25) is 0 Å². The van der Waals surface area contributed by atoms with E-state index in [1.165, 1.54) is 126 Å². The summed E-state index contributed by atoms with van der Waals surface area (Å²) in [7, 11) is 0. The van der Waals surface area contributed by atoms with Crippen molar-refractivity contribution >= 4 is 90.8 Å². The van der Waals surface area contributed by atoms with Crippen LogP contribution in [0.1, 0.15) is 57.7 Å². The van der Waals surface area contributed by atoms with E-state index >= 15 is 0 Å². The van der Waals surface area contributed by atoms with Crippen molar-refractivity contribution in [3.8, 4) is 81.5 Å². The zero-order chi connectivity index (χ0) is 41.2. The average molecular weight is 905 g/mol. The molecule has 0 radical (unpaired) electrons. The molecule has 10 aromatic rings. The summed E-state index contributed by atoms with van der Waals surface area (Å²) in [6, 6.07) is 37.1. The van der Waals surface area contributed by atoms with E-state index in [0.717, 1.165) is 22.2 Å². The Labute approximate surface area is 379 Å². The summed E-state index contributed by atoms with van der Waals surface area (Å²) in [5.74, 6) is 0. The molecule has 9 heteroatoms. The lowest BCUT2D eigenvalue weighted by Gasteiger charge is -2.22. The molecule has 7 heterocycles. The molecule has 0 fully saturated rings. The highest BCUT2D eigenvalue weighted by atomic mass is 32.1. The lowest BCUT2D eigenvalue weighted by Crippen LogP contribution is -2.15. The molecule has 11 rings (SSSR count). The van der Waals surface area contributed by atoms with Crippen LogP contribution < -0.4 is 0 Å². The molecular formula is C51H40N2S7. The van der Waals surface area contributed by atoms with Gasteiger partial charge in [0.1, 0.15) is 11.0 Å². The number of hydrogen-bond donors (Lipinski definition) is 0. The number of rotatable bonds is 7. The molecule has 60 heavy (non-hydrogen) atoms. The summed E-state index contributed by atoms with van der Waals surface area (Å²) in [6.07, 6.45) is 0. The molecular weight excluding hydrogens is 865 g/mol. The molecule has 0 bridgehead atoms. The second kappa shape index (κ2) is 14.4. The first-order valence-corrected chi connectivity index (χ1v) is 25.7. The summed E-state index contributed by atoms with van der Waals surface area (Å²) in [5, 5.41) is 0. The molecule has 296 valence electrons. The van der Waals surface area contributed by atoms with Crippen LogP contribution >= 0.6 is 79.7 Å². The predicted octanol–water partition coefficient (Wildman–Crippen LogP) is 17.9. The third kappa shape index (κ3) is 6.23. The van der Waals surface area contributed by atoms with E-state index < -0.39 is 0 Å². The topological polar surface area (TPSA) is 25.8 Å². The van der Waals surface area contributed by atoms with Gasteiger partial charge in [0.05, 0.1) is 11.7 Å². The van der Waals surface area contributed by atoms with E-state index in [1.54, 1.807) is 0 Å². The van der Waals surface area contributed by atoms with Crippen molar-refractivity contribution in [3.63, 3.8) is 0 Å². The number of hydrogen-bond acceptors (Lipinski definition) is 9. The molecule has 7 aromatic heterocycles. The van der Waals surface area contributed by atoms with Crippen molar-refractivity contribution in [3.05, 3.63) is 141 Å². The zero-order valence-electron chi connectivity index (χ0n) is 34.5. The van der Waals surface area contributed by atoms with Gasteiger partial charge >= 0.3 is 0 Å². The average Bonchev–Trinajstić information content (AvgIpc) is 4.08. The number of aromatic nitrogens is 2. The number of fused-ring (bicyclic) bond motifs is 4. The molecule has 0 N–H and O–H groups in total. The van der Waals surface area contributed by atoms with Crippen molar-refractivity contribution in [2.75, 3.05) is 0 Å². The standard InChI is InChI=1S/C51H40N2S7/c1-25-9-11-32-33-12-10-31(24-37(33)51(7,8)36(32)19-25)42-21-27(3)48(57-42)39-17-18-41(56-39)50-29(5)23-44(59-50)35-14-13-34(45-46(35)53-60-52-45)43-22-28(4)49(58-43)40-16-15-38(55-40)47-26(2)20-30(6)54-47/h9-24H,1-8H3. The summed E-state index contributed by atoms with van der Waals surface area (Å²) in [5.41, 5.74) is 17.8. The van der Waals surface area contributed by atoms with E-state index in [-0.39, 0.29) is 5.41 Å². The van der Waals surface area contributed by atoms with E-state index in [0.29, 0.717) is 0 Å². The maximum Gasteiger partial charge on any atom is 0.114 e. The van der Waals surface area contributed by atoms with Crippen molar-refractivity contribution in [2.45, 2.75) is 60.8 Å². The van der Waals surface area contributed by atoms with Crippen LogP contribution in [0, 0.1) is 41.5 Å². The third-order valence-corrected chi connectivity index (χ3v) is 20.4. The van der Waals surface area contributed by atoms with Crippen LogP contribution in [0.15, 0.2) is 97.1 Å². The normalized spacial score (nSPS) is 13.1. The molecule has 0 spiro atoms. The minimum absolute atomic E-state index is 0.0163. The van der Waals surface area contributed by atoms with Crippen molar-refractivity contribution in [1.82, 2.24) is 8.75 Å². The summed E-state index contributed by atoms with van der Waals surface area (Å²) >= 11 is 12.7. The maximum atomic E-state index is 4.90. The quantitative estimate of drug-likeness (QED) is 0.159. The van der Waals surface area contributed by atoms with E-state index in [1.807, 2.05) is 68.0 Å². The van der Waals surface area contributed by atoms with Crippen LogP contribution in [0.5, 0.6) is 0 Å². The molecule has 0 saturated heterocycles. The van der Waals surface area contributed by atoms with E-state index in [9.17, 15) is 0 Å². The number of benzene rings is 3. The Balaban J connectivity index is 0.872. The second-order valence-electron chi connectivity index (χ2n) is 16.6. The van der Waals surface area contributed by atoms with Crippen LogP contribution in [-0.4, -0.2) is 8.75 Å². The third-order valence-electron chi connectivity index (χ3n) is 12.0. The molecule has 0 aliphatic heterocycles. The first-order valence-electron chi connectivity index (χ1n) is 20.0. The first kappa shape index (κ1) is 38.6. The monoisotopic (exact) mass is 904 g/mol. The second-order valence-corrected chi connectivity index (χ2v) is 23.7. The SMILES string of the molecule is Cc1ccc2c(c1)C(C)(C)c1cc(-c3cc(C)c(-c4ccc(-c5sc(-c6ccc(-c7cc(C)c(-c8ccc(-c9sc(C)cc9C)s8)s7)c7nsnc67)cc5C)s4)s3)ccc1-2. The van der Waals surface area contributed by atoms with Crippen LogP contribution in [0.25, 0.3) is 92.5 Å². The van der Waals surface area contributed by atoms with Gasteiger partial charge in [0.2, 0.25) is 0 Å². The smallest absolute Gasteiger partial charge is 0.114 e. The van der Waals surface area contributed by atoms with Crippen LogP contribution in [0.2, 0.25) is 0 Å². The Morgan fingerprint density at radius 2 is 0.817 bits per heavy atom. The van der Waals surface area contributed by atoms with Gasteiger partial charge < -0.3 is 0 Å². The fourth-order valence-electron chi connectivity index (χ4n) is 8.91. The number of thiophene rings is 6. The van der Waals surface area contributed by atoms with Gasteiger partial charge in [-0.25, -0.2) is 0 Å². The minimum atomic E-state index is -0.0163. The maximum absolute atomic E-state index is 4.90. The Kier molecular flexibility index (Phi) is 9.25. The fourth-order valence-corrected chi connectivity index (χ4v) is 16.8. The molecule has 1 aliphatic rings. The van der Waals surface area contributed by atoms with Crippen molar-refractivity contribution in [1.29, 1.82) is 0 Å². The lowest BCUT2D eigenvalue weighted by atomic mass is 9.81. The highest BCUT2D eigenvalue weighted by Crippen LogP contribution is 2.52. The van der Waals surface area contributed by atoms with E-state index in [2.05, 4.69) is 152 Å². The predicted molar refractivity (Wildman–Crippen MR) is 269 cm³/mol. The van der Waals surface area contributed by atoms with Gasteiger partial charge in [-0.15, -0.1) is 68.0 Å². The Bertz CT molecular complexity index is 3330. The molecule has 3 aromatic carbocycles. The fraction of sp³-hybridized carbons (Fsp3) is 0.176. The molecule has 1 aliphatic carbocycles. The summed E-state index contributed by atoms with van der Waals surface area (Å²) in [6.45, 7) is 18.1. The molecule has 0 amide bonds. The van der Waals surface area contributed by atoms with Crippen molar-refractivity contribution < 1.29 is 0 Å². The van der Waals surface area contributed by atoms with Gasteiger partial charge in [-0.1, -0.05) is 61.9 Å². The van der Waals surface area contributed by atoms with Gasteiger partial charge in [0.15, 0.2) is 0 Å². The number of aryl methyl sites for hydroxylation is 6. The first-order chi connectivity index (χ1) is 28.9.